The van der Waals surface area contributed by atoms with Crippen molar-refractivity contribution in [1.29, 1.82) is 0 Å². The summed E-state index contributed by atoms with van der Waals surface area (Å²) in [6.45, 7) is 5.47. The monoisotopic (exact) mass is 141 g/mol. The Labute approximate surface area is 64.0 Å². The molecule has 0 aliphatic heterocycles. The topological polar surface area (TPSA) is 26.0 Å². The molecule has 1 fully saturated rings. The van der Waals surface area contributed by atoms with Gasteiger partial charge in [-0.2, -0.15) is 0 Å². The quantitative estimate of drug-likeness (QED) is 0.638. The van der Waals surface area contributed by atoms with E-state index in [2.05, 4.69) is 13.8 Å². The Hall–Kier alpha value is -0.0400. The van der Waals surface area contributed by atoms with Crippen LogP contribution in [0.25, 0.3) is 0 Å². The molecule has 2 N–H and O–H groups in total. The second kappa shape index (κ2) is 2.91. The third-order valence-corrected chi connectivity index (χ3v) is 2.85. The van der Waals surface area contributed by atoms with Crippen molar-refractivity contribution in [3.8, 4) is 0 Å². The molecule has 1 unspecified atom stereocenters. The molecule has 0 aromatic heterocycles. The minimum Gasteiger partial charge on any atom is -0.330 e. The lowest BCUT2D eigenvalue weighted by Crippen LogP contribution is -2.29. The van der Waals surface area contributed by atoms with Crippen LogP contribution < -0.4 is 5.73 Å². The van der Waals surface area contributed by atoms with Crippen molar-refractivity contribution in [3.05, 3.63) is 0 Å². The predicted molar refractivity (Wildman–Crippen MR) is 44.8 cm³/mol. The fourth-order valence-corrected chi connectivity index (χ4v) is 1.82. The van der Waals surface area contributed by atoms with Crippen molar-refractivity contribution in [2.75, 3.05) is 6.54 Å². The van der Waals surface area contributed by atoms with Crippen LogP contribution in [-0.4, -0.2) is 6.54 Å². The molecule has 0 aromatic carbocycles. The first-order valence-electron chi connectivity index (χ1n) is 4.43. The van der Waals surface area contributed by atoms with Gasteiger partial charge in [0.2, 0.25) is 0 Å². The molecule has 0 radical (unpaired) electrons. The molecule has 0 amide bonds. The van der Waals surface area contributed by atoms with Crippen LogP contribution in [0.15, 0.2) is 0 Å². The van der Waals surface area contributed by atoms with Gasteiger partial charge in [0, 0.05) is 0 Å². The maximum atomic E-state index is 5.73. The van der Waals surface area contributed by atoms with E-state index in [4.69, 9.17) is 5.73 Å². The molecule has 0 bridgehead atoms. The highest BCUT2D eigenvalue weighted by Gasteiger charge is 2.39. The Bertz CT molecular complexity index is 107. The zero-order valence-corrected chi connectivity index (χ0v) is 7.19. The second-order valence-electron chi connectivity index (χ2n) is 3.88. The van der Waals surface area contributed by atoms with Crippen LogP contribution in [0.1, 0.15) is 39.5 Å². The number of nitrogens with two attached hydrogens (primary N) is 1. The summed E-state index contributed by atoms with van der Waals surface area (Å²) in [5, 5.41) is 0. The van der Waals surface area contributed by atoms with Crippen LogP contribution in [0.5, 0.6) is 0 Å². The molecule has 1 nitrogen and oxygen atoms in total. The molecule has 1 atom stereocenters. The smallest absolute Gasteiger partial charge is 0.00205 e. The van der Waals surface area contributed by atoms with Gasteiger partial charge in [-0.15, -0.1) is 0 Å². The van der Waals surface area contributed by atoms with Crippen LogP contribution in [-0.2, 0) is 0 Å². The van der Waals surface area contributed by atoms with E-state index in [1.54, 1.807) is 0 Å². The van der Waals surface area contributed by atoms with Gasteiger partial charge in [0.05, 0.1) is 0 Å². The Kier molecular flexibility index (Phi) is 2.35. The Balaban J connectivity index is 2.39. The van der Waals surface area contributed by atoms with E-state index in [1.165, 1.54) is 25.7 Å². The highest BCUT2D eigenvalue weighted by atomic mass is 14.6. The molecule has 1 aliphatic rings. The van der Waals surface area contributed by atoms with E-state index in [0.29, 0.717) is 5.41 Å². The molecule has 1 heteroatoms. The van der Waals surface area contributed by atoms with Crippen molar-refractivity contribution in [2.45, 2.75) is 39.5 Å². The van der Waals surface area contributed by atoms with Crippen LogP contribution in [0.4, 0.5) is 0 Å². The average Bonchev–Trinajstić information content (AvgIpc) is 2.69. The summed E-state index contributed by atoms with van der Waals surface area (Å²) >= 11 is 0. The predicted octanol–water partition coefficient (Wildman–Crippen LogP) is 2.16. The summed E-state index contributed by atoms with van der Waals surface area (Å²) in [7, 11) is 0. The third kappa shape index (κ3) is 1.51. The van der Waals surface area contributed by atoms with E-state index in [9.17, 15) is 0 Å². The van der Waals surface area contributed by atoms with Crippen LogP contribution in [0.3, 0.4) is 0 Å². The Morgan fingerprint density at radius 1 is 1.50 bits per heavy atom. The first kappa shape index (κ1) is 8.06. The zero-order chi connectivity index (χ0) is 7.61. The van der Waals surface area contributed by atoms with E-state index < -0.39 is 0 Å². The zero-order valence-electron chi connectivity index (χ0n) is 7.19. The molecule has 60 valence electrons. The normalized spacial score (nSPS) is 24.3. The molecule has 0 saturated heterocycles. The number of hydrogen-bond acceptors (Lipinski definition) is 1. The van der Waals surface area contributed by atoms with Crippen molar-refractivity contribution in [1.82, 2.24) is 0 Å². The second-order valence-corrected chi connectivity index (χ2v) is 3.88. The highest BCUT2D eigenvalue weighted by Crippen LogP contribution is 2.47. The Morgan fingerprint density at radius 2 is 2.10 bits per heavy atom. The lowest BCUT2D eigenvalue weighted by Gasteiger charge is -2.27. The van der Waals surface area contributed by atoms with Gasteiger partial charge in [0.15, 0.2) is 0 Å². The third-order valence-electron chi connectivity index (χ3n) is 2.85. The van der Waals surface area contributed by atoms with Crippen LogP contribution >= 0.6 is 0 Å². The SMILES string of the molecule is CCCC(C)(CN)C1CC1. The highest BCUT2D eigenvalue weighted by molar-refractivity contribution is 4.91. The van der Waals surface area contributed by atoms with Crippen LogP contribution in [0, 0.1) is 11.3 Å². The van der Waals surface area contributed by atoms with E-state index in [1.807, 2.05) is 0 Å². The minimum absolute atomic E-state index is 0.481. The first-order chi connectivity index (χ1) is 4.73. The van der Waals surface area contributed by atoms with Gasteiger partial charge in [0.25, 0.3) is 0 Å². The van der Waals surface area contributed by atoms with Crippen molar-refractivity contribution in [3.63, 3.8) is 0 Å². The summed E-state index contributed by atoms with van der Waals surface area (Å²) in [4.78, 5) is 0. The molecule has 1 saturated carbocycles. The first-order valence-corrected chi connectivity index (χ1v) is 4.43. The fourth-order valence-electron chi connectivity index (χ4n) is 1.82. The molecule has 0 spiro atoms. The molecule has 0 aromatic rings. The van der Waals surface area contributed by atoms with E-state index in [-0.39, 0.29) is 0 Å². The van der Waals surface area contributed by atoms with Gasteiger partial charge >= 0.3 is 0 Å². The lowest BCUT2D eigenvalue weighted by atomic mass is 9.81. The summed E-state index contributed by atoms with van der Waals surface area (Å²) in [6, 6.07) is 0. The lowest BCUT2D eigenvalue weighted by molar-refractivity contribution is 0.257. The molecular weight excluding hydrogens is 122 g/mol. The van der Waals surface area contributed by atoms with Gasteiger partial charge in [-0.3, -0.25) is 0 Å². The largest absolute Gasteiger partial charge is 0.330 e. The summed E-state index contributed by atoms with van der Waals surface area (Å²) in [5.74, 6) is 0.956. The van der Waals surface area contributed by atoms with Crippen molar-refractivity contribution >= 4 is 0 Å². The van der Waals surface area contributed by atoms with Crippen molar-refractivity contribution in [2.24, 2.45) is 17.1 Å². The molecular formula is C9H19N. The van der Waals surface area contributed by atoms with Gasteiger partial charge in [-0.05, 0) is 37.1 Å². The summed E-state index contributed by atoms with van der Waals surface area (Å²) < 4.78 is 0. The Morgan fingerprint density at radius 3 is 2.40 bits per heavy atom. The standard InChI is InChI=1S/C9H19N/c1-3-6-9(2,7-10)8-4-5-8/h8H,3-7,10H2,1-2H3. The maximum Gasteiger partial charge on any atom is -0.00205 e. The van der Waals surface area contributed by atoms with Gasteiger partial charge in [-0.25, -0.2) is 0 Å². The molecule has 10 heavy (non-hydrogen) atoms. The molecule has 1 rings (SSSR count). The van der Waals surface area contributed by atoms with E-state index >= 15 is 0 Å². The fraction of sp³-hybridized carbons (Fsp3) is 1.00. The van der Waals surface area contributed by atoms with Crippen molar-refractivity contribution < 1.29 is 0 Å². The van der Waals surface area contributed by atoms with Gasteiger partial charge in [0.1, 0.15) is 0 Å². The minimum atomic E-state index is 0.481. The molecule has 0 heterocycles. The van der Waals surface area contributed by atoms with Gasteiger partial charge < -0.3 is 5.73 Å². The van der Waals surface area contributed by atoms with Crippen LogP contribution in [0.2, 0.25) is 0 Å². The maximum absolute atomic E-state index is 5.73. The number of hydrogen-bond donors (Lipinski definition) is 1. The summed E-state index contributed by atoms with van der Waals surface area (Å²) in [5.41, 5.74) is 6.21. The summed E-state index contributed by atoms with van der Waals surface area (Å²) in [6.07, 6.45) is 5.44. The number of rotatable bonds is 4. The average molecular weight is 141 g/mol. The molecule has 1 aliphatic carbocycles. The van der Waals surface area contributed by atoms with E-state index in [0.717, 1.165) is 12.5 Å². The van der Waals surface area contributed by atoms with Gasteiger partial charge in [-0.1, -0.05) is 20.3 Å².